The van der Waals surface area contributed by atoms with E-state index in [0.29, 0.717) is 22.6 Å². The molecule has 1 aliphatic carbocycles. The minimum absolute atomic E-state index is 0.147. The van der Waals surface area contributed by atoms with Gasteiger partial charge in [-0.1, -0.05) is 23.8 Å². The van der Waals surface area contributed by atoms with E-state index in [1.807, 2.05) is 31.2 Å². The molecule has 0 aromatic heterocycles. The molecule has 0 saturated heterocycles. The Hall–Kier alpha value is -3.49. The number of amides is 2. The lowest BCUT2D eigenvalue weighted by Crippen LogP contribution is -2.50. The molecule has 0 radical (unpaired) electrons. The molecule has 3 aromatic carbocycles. The van der Waals surface area contributed by atoms with Gasteiger partial charge in [-0.25, -0.2) is 8.42 Å². The topological polar surface area (TPSA) is 95.0 Å². The summed E-state index contributed by atoms with van der Waals surface area (Å²) in [5, 5.41) is 10.1. The minimum Gasteiger partial charge on any atom is -0.394 e. The Balaban J connectivity index is 1.68. The molecule has 7 nitrogen and oxygen atoms in total. The van der Waals surface area contributed by atoms with Gasteiger partial charge in [-0.05, 0) is 94.1 Å². The predicted molar refractivity (Wildman–Crippen MR) is 150 cm³/mol. The lowest BCUT2D eigenvalue weighted by molar-refractivity contribution is -0.115. The molecule has 4 rings (SSSR count). The summed E-state index contributed by atoms with van der Waals surface area (Å²) in [5.41, 5.74) is 2.13. The number of hydrogen-bond acceptors (Lipinski definition) is 5. The van der Waals surface area contributed by atoms with Crippen molar-refractivity contribution in [2.24, 2.45) is 5.92 Å². The summed E-state index contributed by atoms with van der Waals surface area (Å²) in [7, 11) is -3.37. The van der Waals surface area contributed by atoms with Gasteiger partial charge in [0.05, 0.1) is 22.8 Å². The van der Waals surface area contributed by atoms with Crippen LogP contribution in [0.1, 0.15) is 49.5 Å². The van der Waals surface area contributed by atoms with Gasteiger partial charge in [-0.2, -0.15) is 0 Å². The zero-order valence-corrected chi connectivity index (χ0v) is 23.0. The van der Waals surface area contributed by atoms with Crippen molar-refractivity contribution in [1.82, 2.24) is 0 Å². The number of aliphatic hydroxyl groups excluding tert-OH is 1. The number of nitrogens with zero attached hydrogens (tertiary/aromatic N) is 2. The van der Waals surface area contributed by atoms with E-state index in [4.69, 9.17) is 0 Å². The fourth-order valence-corrected chi connectivity index (χ4v) is 6.12. The van der Waals surface area contributed by atoms with Crippen LogP contribution in [0.4, 0.5) is 17.1 Å². The molecule has 0 unspecified atom stereocenters. The zero-order valence-electron chi connectivity index (χ0n) is 22.2. The van der Waals surface area contributed by atoms with Gasteiger partial charge in [0, 0.05) is 29.5 Å². The molecule has 1 aliphatic rings. The number of rotatable bonds is 9. The highest BCUT2D eigenvalue weighted by molar-refractivity contribution is 7.91. The molecule has 2 amide bonds. The maximum Gasteiger partial charge on any atom is 0.258 e. The molecule has 0 aliphatic heterocycles. The molecule has 0 atom stereocenters. The Bertz CT molecular complexity index is 1430. The Morgan fingerprint density at radius 2 is 1.53 bits per heavy atom. The molecular formula is C30H34N2O5S. The monoisotopic (exact) mass is 534 g/mol. The fraction of sp³-hybridized carbons (Fsp3) is 0.333. The van der Waals surface area contributed by atoms with Crippen LogP contribution in [0, 0.1) is 12.8 Å². The summed E-state index contributed by atoms with van der Waals surface area (Å²) < 4.78 is 25.3. The molecule has 0 heterocycles. The van der Waals surface area contributed by atoms with Gasteiger partial charge in [0.1, 0.15) is 0 Å². The summed E-state index contributed by atoms with van der Waals surface area (Å²) in [6, 6.07) is 20.5. The highest BCUT2D eigenvalue weighted by Crippen LogP contribution is 2.34. The second-order valence-electron chi connectivity index (χ2n) is 10.6. The first-order valence-corrected chi connectivity index (χ1v) is 14.3. The maximum absolute atomic E-state index is 13.8. The SMILES string of the molecule is CC(=O)N(c1ccc(S(=O)(=O)CC2CC2)cc1)c1cccc(C(=O)N(c2ccc(C)cc2)C(C)(C)CO)c1. The molecule has 1 N–H and O–H groups in total. The van der Waals surface area contributed by atoms with Crippen LogP contribution < -0.4 is 9.80 Å². The summed E-state index contributed by atoms with van der Waals surface area (Å²) in [6.07, 6.45) is 1.89. The number of aryl methyl sites for hydroxylation is 1. The first kappa shape index (κ1) is 27.5. The number of carbonyl (C=O) groups excluding carboxylic acids is 2. The van der Waals surface area contributed by atoms with Crippen LogP contribution in [-0.4, -0.2) is 43.2 Å². The van der Waals surface area contributed by atoms with Gasteiger partial charge in [0.25, 0.3) is 5.91 Å². The summed E-state index contributed by atoms with van der Waals surface area (Å²) in [4.78, 5) is 29.8. The quantitative estimate of drug-likeness (QED) is 0.403. The van der Waals surface area contributed by atoms with Crippen molar-refractivity contribution in [1.29, 1.82) is 0 Å². The molecule has 200 valence electrons. The summed E-state index contributed by atoms with van der Waals surface area (Å²) in [6.45, 7) is 6.70. The van der Waals surface area contributed by atoms with Crippen LogP contribution >= 0.6 is 0 Å². The van der Waals surface area contributed by atoms with Gasteiger partial charge in [-0.15, -0.1) is 0 Å². The van der Waals surface area contributed by atoms with Crippen molar-refractivity contribution in [2.75, 3.05) is 22.2 Å². The highest BCUT2D eigenvalue weighted by Gasteiger charge is 2.33. The lowest BCUT2D eigenvalue weighted by atomic mass is 10.00. The number of benzene rings is 3. The Kier molecular flexibility index (Phi) is 7.76. The second-order valence-corrected chi connectivity index (χ2v) is 12.6. The van der Waals surface area contributed by atoms with Crippen molar-refractivity contribution in [3.05, 3.63) is 83.9 Å². The summed E-state index contributed by atoms with van der Waals surface area (Å²) in [5.74, 6) is -0.216. The molecule has 1 saturated carbocycles. The normalized spacial score (nSPS) is 13.7. The molecule has 0 spiro atoms. The van der Waals surface area contributed by atoms with E-state index in [-0.39, 0.29) is 35.0 Å². The van der Waals surface area contributed by atoms with Crippen molar-refractivity contribution in [3.63, 3.8) is 0 Å². The largest absolute Gasteiger partial charge is 0.394 e. The predicted octanol–water partition coefficient (Wildman–Crippen LogP) is 5.28. The van der Waals surface area contributed by atoms with Gasteiger partial charge in [-0.3, -0.25) is 14.5 Å². The lowest BCUT2D eigenvalue weighted by Gasteiger charge is -2.37. The van der Waals surface area contributed by atoms with Crippen molar-refractivity contribution in [3.8, 4) is 0 Å². The van der Waals surface area contributed by atoms with E-state index in [9.17, 15) is 23.1 Å². The van der Waals surface area contributed by atoms with E-state index >= 15 is 0 Å². The van der Waals surface area contributed by atoms with Crippen molar-refractivity contribution < 1.29 is 23.1 Å². The van der Waals surface area contributed by atoms with Gasteiger partial charge < -0.3 is 10.0 Å². The van der Waals surface area contributed by atoms with Gasteiger partial charge in [0.2, 0.25) is 5.91 Å². The van der Waals surface area contributed by atoms with Crippen LogP contribution in [0.3, 0.4) is 0 Å². The number of sulfone groups is 1. The van der Waals surface area contributed by atoms with Crippen LogP contribution in [-0.2, 0) is 14.6 Å². The van der Waals surface area contributed by atoms with Gasteiger partial charge >= 0.3 is 0 Å². The highest BCUT2D eigenvalue weighted by atomic mass is 32.2. The molecular weight excluding hydrogens is 500 g/mol. The Morgan fingerprint density at radius 1 is 0.921 bits per heavy atom. The third-order valence-electron chi connectivity index (χ3n) is 6.76. The Labute approximate surface area is 224 Å². The number of hydrogen-bond donors (Lipinski definition) is 1. The van der Waals surface area contributed by atoms with E-state index in [0.717, 1.165) is 18.4 Å². The summed E-state index contributed by atoms with van der Waals surface area (Å²) >= 11 is 0. The molecule has 38 heavy (non-hydrogen) atoms. The molecule has 8 heteroatoms. The standard InChI is InChI=1S/C30H34N2O5S/c1-21-8-12-26(13-9-21)32(30(3,4)20-33)29(35)24-6-5-7-27(18-24)31(22(2)34)25-14-16-28(17-15-25)38(36,37)19-23-10-11-23/h5-9,12-18,23,33H,10-11,19-20H2,1-4H3. The van der Waals surface area contributed by atoms with Crippen molar-refractivity contribution >= 4 is 38.7 Å². The average Bonchev–Trinajstić information content (AvgIpc) is 3.69. The van der Waals surface area contributed by atoms with Crippen LogP contribution in [0.2, 0.25) is 0 Å². The Morgan fingerprint density at radius 3 is 2.08 bits per heavy atom. The maximum atomic E-state index is 13.8. The number of aliphatic hydroxyl groups is 1. The van der Waals surface area contributed by atoms with Crippen molar-refractivity contribution in [2.45, 2.75) is 51.0 Å². The van der Waals surface area contributed by atoms with Gasteiger partial charge in [0.15, 0.2) is 9.84 Å². The number of anilines is 3. The first-order valence-electron chi connectivity index (χ1n) is 12.7. The zero-order chi connectivity index (χ0) is 27.7. The minimum atomic E-state index is -3.37. The molecule has 1 fully saturated rings. The van der Waals surface area contributed by atoms with Crippen LogP contribution in [0.15, 0.2) is 77.7 Å². The van der Waals surface area contributed by atoms with Crippen LogP contribution in [0.25, 0.3) is 0 Å². The third-order valence-corrected chi connectivity index (χ3v) is 8.66. The second kappa shape index (κ2) is 10.7. The fourth-order valence-electron chi connectivity index (χ4n) is 4.42. The van der Waals surface area contributed by atoms with E-state index in [1.165, 1.54) is 24.0 Å². The third kappa shape index (κ3) is 5.97. The molecule has 0 bridgehead atoms. The average molecular weight is 535 g/mol. The smallest absolute Gasteiger partial charge is 0.258 e. The number of carbonyl (C=O) groups is 2. The van der Waals surface area contributed by atoms with Crippen LogP contribution in [0.5, 0.6) is 0 Å². The van der Waals surface area contributed by atoms with E-state index < -0.39 is 15.4 Å². The first-order chi connectivity index (χ1) is 17.9. The molecule has 3 aromatic rings. The van der Waals surface area contributed by atoms with E-state index in [2.05, 4.69) is 0 Å². The van der Waals surface area contributed by atoms with E-state index in [1.54, 1.807) is 55.1 Å².